The van der Waals surface area contributed by atoms with E-state index in [9.17, 15) is 0 Å². The average molecular weight is 114 g/mol. The van der Waals surface area contributed by atoms with Gasteiger partial charge in [0, 0.05) is 0 Å². The van der Waals surface area contributed by atoms with Gasteiger partial charge in [0.15, 0.2) is 0 Å². The molecule has 0 atom stereocenters. The minimum Gasteiger partial charge on any atom is -0.390 e. The van der Waals surface area contributed by atoms with E-state index in [4.69, 9.17) is 11.5 Å². The molecule has 0 heterocycles. The fourth-order valence-electron chi connectivity index (χ4n) is 0.265. The highest BCUT2D eigenvalue weighted by Crippen LogP contribution is 1.66. The molecule has 0 aromatic rings. The van der Waals surface area contributed by atoms with Gasteiger partial charge in [-0.3, -0.25) is 9.98 Å². The molecule has 4 heteroatoms. The van der Waals surface area contributed by atoms with Crippen LogP contribution in [0.25, 0.3) is 0 Å². The lowest BCUT2D eigenvalue weighted by Gasteiger charge is -1.82. The molecule has 0 saturated heterocycles. The highest BCUT2D eigenvalue weighted by Gasteiger charge is 1.71. The van der Waals surface area contributed by atoms with Gasteiger partial charge in [-0.2, -0.15) is 0 Å². The van der Waals surface area contributed by atoms with E-state index in [1.807, 2.05) is 0 Å². The second-order valence-corrected chi connectivity index (χ2v) is 1.11. The molecule has 0 saturated carbocycles. The molecule has 46 valence electrons. The summed E-state index contributed by atoms with van der Waals surface area (Å²) in [5.74, 6) is 0. The van der Waals surface area contributed by atoms with Crippen LogP contribution in [0.4, 0.5) is 0 Å². The fraction of sp³-hybridized carbons (Fsp3) is 0.500. The summed E-state index contributed by atoms with van der Waals surface area (Å²) < 4.78 is 0. The van der Waals surface area contributed by atoms with Crippen molar-refractivity contribution in [3.05, 3.63) is 0 Å². The topological polar surface area (TPSA) is 76.8 Å². The Hall–Kier alpha value is -1.06. The maximum Gasteiger partial charge on any atom is 0.0798 e. The first-order valence-electron chi connectivity index (χ1n) is 2.32. The second kappa shape index (κ2) is 5.94. The highest BCUT2D eigenvalue weighted by atomic mass is 14.9. The average Bonchev–Trinajstić information content (AvgIpc) is 1.81. The fourth-order valence-corrected chi connectivity index (χ4v) is 0.265. The minimum atomic E-state index is 0.615. The van der Waals surface area contributed by atoms with Crippen molar-refractivity contribution in [2.45, 2.75) is 0 Å². The lowest BCUT2D eigenvalue weighted by molar-refractivity contribution is 0.981. The van der Waals surface area contributed by atoms with Crippen molar-refractivity contribution in [2.24, 2.45) is 21.5 Å². The van der Waals surface area contributed by atoms with Crippen molar-refractivity contribution < 1.29 is 0 Å². The number of nitrogens with zero attached hydrogens (tertiary/aromatic N) is 2. The zero-order valence-corrected chi connectivity index (χ0v) is 4.62. The van der Waals surface area contributed by atoms with Crippen LogP contribution < -0.4 is 11.5 Å². The van der Waals surface area contributed by atoms with E-state index in [1.165, 1.54) is 12.7 Å². The predicted octanol–water partition coefficient (Wildman–Crippen LogP) is -1.04. The number of rotatable bonds is 3. The summed E-state index contributed by atoms with van der Waals surface area (Å²) in [4.78, 5) is 7.39. The number of hydrogen-bond acceptors (Lipinski definition) is 2. The van der Waals surface area contributed by atoms with Gasteiger partial charge in [-0.25, -0.2) is 0 Å². The zero-order chi connectivity index (χ0) is 6.24. The van der Waals surface area contributed by atoms with Crippen LogP contribution in [0.1, 0.15) is 0 Å². The molecule has 0 unspecified atom stereocenters. The van der Waals surface area contributed by atoms with Crippen LogP contribution in [-0.4, -0.2) is 25.8 Å². The smallest absolute Gasteiger partial charge is 0.0798 e. The van der Waals surface area contributed by atoms with Gasteiger partial charge in [0.2, 0.25) is 0 Å². The molecule has 8 heavy (non-hydrogen) atoms. The zero-order valence-electron chi connectivity index (χ0n) is 4.62. The Morgan fingerprint density at radius 3 is 1.62 bits per heavy atom. The van der Waals surface area contributed by atoms with Crippen molar-refractivity contribution in [1.29, 1.82) is 0 Å². The first-order valence-corrected chi connectivity index (χ1v) is 2.32. The van der Waals surface area contributed by atoms with E-state index >= 15 is 0 Å². The maximum absolute atomic E-state index is 4.94. The molecule has 0 aromatic carbocycles. The Labute approximate surface area is 48.3 Å². The standard InChI is InChI=1S/C4H10N4/c5-3-7-1-2-8-4-6/h3-4H,1-2H2,(H2,5,7)(H2,6,8). The summed E-state index contributed by atoms with van der Waals surface area (Å²) in [5, 5.41) is 0. The van der Waals surface area contributed by atoms with Crippen LogP contribution in [0, 0.1) is 0 Å². The Balaban J connectivity index is 2.93. The Kier molecular flexibility index (Phi) is 5.15. The maximum atomic E-state index is 4.94. The minimum absolute atomic E-state index is 0.615. The van der Waals surface area contributed by atoms with Gasteiger partial charge in [-0.15, -0.1) is 0 Å². The molecule has 4 N–H and O–H groups in total. The molecule has 0 radical (unpaired) electrons. The third-order valence-electron chi connectivity index (χ3n) is 0.569. The summed E-state index contributed by atoms with van der Waals surface area (Å²) in [6.07, 6.45) is 2.51. The third kappa shape index (κ3) is 4.94. The van der Waals surface area contributed by atoms with Crippen molar-refractivity contribution in [3.63, 3.8) is 0 Å². The quantitative estimate of drug-likeness (QED) is 0.279. The SMILES string of the molecule is NC=NCCN=CN. The van der Waals surface area contributed by atoms with Crippen LogP contribution in [0.15, 0.2) is 9.98 Å². The van der Waals surface area contributed by atoms with E-state index in [1.54, 1.807) is 0 Å². The van der Waals surface area contributed by atoms with E-state index in [0.29, 0.717) is 13.1 Å². The van der Waals surface area contributed by atoms with Gasteiger partial charge in [-0.1, -0.05) is 0 Å². The van der Waals surface area contributed by atoms with Crippen LogP contribution in [0.5, 0.6) is 0 Å². The van der Waals surface area contributed by atoms with Crippen LogP contribution in [-0.2, 0) is 0 Å². The van der Waals surface area contributed by atoms with E-state index in [-0.39, 0.29) is 0 Å². The van der Waals surface area contributed by atoms with Crippen LogP contribution in [0.2, 0.25) is 0 Å². The third-order valence-corrected chi connectivity index (χ3v) is 0.569. The van der Waals surface area contributed by atoms with Gasteiger partial charge in [0.05, 0.1) is 25.8 Å². The molecule has 0 spiro atoms. The molecule has 4 nitrogen and oxygen atoms in total. The summed E-state index contributed by atoms with van der Waals surface area (Å²) in [7, 11) is 0. The molecular formula is C4H10N4. The summed E-state index contributed by atoms with van der Waals surface area (Å²) >= 11 is 0. The van der Waals surface area contributed by atoms with Gasteiger partial charge >= 0.3 is 0 Å². The molecule has 0 aliphatic heterocycles. The predicted molar refractivity (Wildman–Crippen MR) is 35.1 cm³/mol. The van der Waals surface area contributed by atoms with Gasteiger partial charge in [0.1, 0.15) is 0 Å². The molecule has 0 bridgehead atoms. The van der Waals surface area contributed by atoms with Crippen molar-refractivity contribution >= 4 is 12.7 Å². The molecule has 0 amide bonds. The lowest BCUT2D eigenvalue weighted by atomic mass is 10.7. The van der Waals surface area contributed by atoms with Crippen LogP contribution >= 0.6 is 0 Å². The summed E-state index contributed by atoms with van der Waals surface area (Å²) in [6, 6.07) is 0. The van der Waals surface area contributed by atoms with Crippen molar-refractivity contribution in [2.75, 3.05) is 13.1 Å². The van der Waals surface area contributed by atoms with Crippen LogP contribution in [0.3, 0.4) is 0 Å². The highest BCUT2D eigenvalue weighted by molar-refractivity contribution is 5.52. The molecule has 0 rings (SSSR count). The lowest BCUT2D eigenvalue weighted by Crippen LogP contribution is -1.96. The first-order chi connectivity index (χ1) is 3.91. The Bertz CT molecular complexity index is 74.0. The second-order valence-electron chi connectivity index (χ2n) is 1.11. The molecular weight excluding hydrogens is 104 g/mol. The Morgan fingerprint density at radius 2 is 1.38 bits per heavy atom. The van der Waals surface area contributed by atoms with E-state index < -0.39 is 0 Å². The largest absolute Gasteiger partial charge is 0.390 e. The monoisotopic (exact) mass is 114 g/mol. The molecule has 0 fully saturated rings. The molecule has 0 aliphatic carbocycles. The molecule has 0 aromatic heterocycles. The van der Waals surface area contributed by atoms with Crippen molar-refractivity contribution in [1.82, 2.24) is 0 Å². The van der Waals surface area contributed by atoms with E-state index in [2.05, 4.69) is 9.98 Å². The van der Waals surface area contributed by atoms with Crippen molar-refractivity contribution in [3.8, 4) is 0 Å². The van der Waals surface area contributed by atoms with Gasteiger partial charge in [0.25, 0.3) is 0 Å². The normalized spacial score (nSPS) is 11.5. The Morgan fingerprint density at radius 1 is 1.00 bits per heavy atom. The number of nitrogens with two attached hydrogens (primary N) is 2. The molecule has 0 aliphatic rings. The number of aliphatic imine (C=N–C) groups is 2. The van der Waals surface area contributed by atoms with Gasteiger partial charge in [-0.05, 0) is 0 Å². The summed E-state index contributed by atoms with van der Waals surface area (Å²) in [6.45, 7) is 1.23. The summed E-state index contributed by atoms with van der Waals surface area (Å²) in [5.41, 5.74) is 9.87. The first kappa shape index (κ1) is 6.94. The number of hydrogen-bond donors (Lipinski definition) is 2. The van der Waals surface area contributed by atoms with E-state index in [0.717, 1.165) is 0 Å². The van der Waals surface area contributed by atoms with Gasteiger partial charge < -0.3 is 11.5 Å².